The van der Waals surface area contributed by atoms with Crippen molar-refractivity contribution in [1.29, 1.82) is 0 Å². The van der Waals surface area contributed by atoms with Crippen molar-refractivity contribution >= 4 is 70.7 Å². The quantitative estimate of drug-likeness (QED) is 0.160. The van der Waals surface area contributed by atoms with Gasteiger partial charge in [0.1, 0.15) is 0 Å². The van der Waals surface area contributed by atoms with E-state index in [4.69, 9.17) is 0 Å². The van der Waals surface area contributed by atoms with Crippen molar-refractivity contribution in [1.82, 2.24) is 0 Å². The van der Waals surface area contributed by atoms with Crippen molar-refractivity contribution in [3.63, 3.8) is 0 Å². The van der Waals surface area contributed by atoms with E-state index in [9.17, 15) is 0 Å². The molecule has 0 unspecified atom stereocenters. The average Bonchev–Trinajstić information content (AvgIpc) is 3.73. The minimum absolute atomic E-state index is 0.902. The summed E-state index contributed by atoms with van der Waals surface area (Å²) in [7, 11) is 0. The van der Waals surface area contributed by atoms with E-state index in [0.29, 0.717) is 0 Å². The Morgan fingerprint density at radius 2 is 1.00 bits per heavy atom. The molecule has 0 radical (unpaired) electrons. The zero-order valence-electron chi connectivity index (χ0n) is 19.5. The molecule has 3 aromatic heterocycles. The molecular weight excluding hydrogens is 579 g/mol. The van der Waals surface area contributed by atoms with Crippen LogP contribution in [0.25, 0.3) is 19.5 Å². The summed E-state index contributed by atoms with van der Waals surface area (Å²) in [6.07, 6.45) is 0.902. The van der Waals surface area contributed by atoms with Gasteiger partial charge in [-0.3, -0.25) is 0 Å². The van der Waals surface area contributed by atoms with Gasteiger partial charge in [-0.15, -0.1) is 0 Å². The molecule has 3 aromatic carbocycles. The number of halogens is 1. The normalized spacial score (nSPS) is 12.8. The Hall–Kier alpha value is -2.33. The number of rotatable bonds is 7. The van der Waals surface area contributed by atoms with Gasteiger partial charge in [-0.1, -0.05) is 0 Å². The van der Waals surface area contributed by atoms with Crippen molar-refractivity contribution in [2.24, 2.45) is 0 Å². The summed E-state index contributed by atoms with van der Waals surface area (Å²) in [6.45, 7) is 0. The Labute approximate surface area is 232 Å². The van der Waals surface area contributed by atoms with E-state index in [0.717, 1.165) is 6.16 Å². The van der Waals surface area contributed by atoms with Crippen molar-refractivity contribution in [3.8, 4) is 19.5 Å². The van der Waals surface area contributed by atoms with Gasteiger partial charge in [0.05, 0.1) is 0 Å². The second-order valence-electron chi connectivity index (χ2n) is 8.77. The van der Waals surface area contributed by atoms with Crippen LogP contribution in [0.15, 0.2) is 132 Å². The van der Waals surface area contributed by atoms with Crippen molar-refractivity contribution in [3.05, 3.63) is 138 Å². The molecule has 0 spiro atoms. The fraction of sp³-hybridized carbons (Fsp3) is 0.0323. The van der Waals surface area contributed by atoms with Crippen LogP contribution in [0.3, 0.4) is 0 Å². The van der Waals surface area contributed by atoms with E-state index in [2.05, 4.69) is 148 Å². The third-order valence-electron chi connectivity index (χ3n) is 6.67. The average molecular weight is 604 g/mol. The SMILES string of the molecule is BrP(Cc1cc(-c2cccs2)sc1-c1cccs1)(c1ccccc1)(c1ccccc1)c1ccccc1. The van der Waals surface area contributed by atoms with Gasteiger partial charge in [0, 0.05) is 0 Å². The van der Waals surface area contributed by atoms with E-state index in [1.165, 1.54) is 41.0 Å². The van der Waals surface area contributed by atoms with E-state index < -0.39 is 5.31 Å². The Morgan fingerprint density at radius 3 is 1.44 bits per heavy atom. The molecule has 3 heterocycles. The molecule has 0 N–H and O–H groups in total. The summed E-state index contributed by atoms with van der Waals surface area (Å²) in [5.41, 5.74) is 1.40. The zero-order valence-corrected chi connectivity index (χ0v) is 24.4. The molecule has 0 aliphatic carbocycles. The third-order valence-corrected chi connectivity index (χ3v) is 19.5. The molecule has 5 heteroatoms. The van der Waals surface area contributed by atoms with Crippen LogP contribution in [0.5, 0.6) is 0 Å². The molecule has 0 saturated carbocycles. The van der Waals surface area contributed by atoms with Gasteiger partial charge in [-0.2, -0.15) is 0 Å². The Kier molecular flexibility index (Phi) is 6.58. The summed E-state index contributed by atoms with van der Waals surface area (Å²) < 4.78 is 0. The van der Waals surface area contributed by atoms with Gasteiger partial charge in [0.25, 0.3) is 0 Å². The van der Waals surface area contributed by atoms with Crippen LogP contribution in [-0.2, 0) is 6.16 Å². The molecule has 6 rings (SSSR count). The van der Waals surface area contributed by atoms with Crippen molar-refractivity contribution in [2.45, 2.75) is 6.16 Å². The van der Waals surface area contributed by atoms with Crippen LogP contribution < -0.4 is 15.9 Å². The molecular formula is C31H24BrPS3. The summed E-state index contributed by atoms with van der Waals surface area (Å²) in [5, 5.41) is 5.32. The van der Waals surface area contributed by atoms with Gasteiger partial charge >= 0.3 is 234 Å². The molecule has 0 atom stereocenters. The first kappa shape index (κ1) is 24.0. The Morgan fingerprint density at radius 1 is 0.528 bits per heavy atom. The number of thiophene rings is 3. The second-order valence-corrected chi connectivity index (χ2v) is 20.6. The fourth-order valence-electron chi connectivity index (χ4n) is 4.96. The molecule has 0 saturated heterocycles. The minimum atomic E-state index is -3.08. The van der Waals surface area contributed by atoms with Crippen LogP contribution in [0.4, 0.5) is 0 Å². The maximum absolute atomic E-state index is 4.65. The molecule has 0 aliphatic heterocycles. The monoisotopic (exact) mass is 602 g/mol. The van der Waals surface area contributed by atoms with Crippen molar-refractivity contribution in [2.75, 3.05) is 0 Å². The van der Waals surface area contributed by atoms with Crippen molar-refractivity contribution < 1.29 is 0 Å². The summed E-state index contributed by atoms with van der Waals surface area (Å²) in [5.74, 6) is 0. The first-order valence-corrected chi connectivity index (χ1v) is 18.8. The maximum atomic E-state index is 4.65. The number of benzene rings is 3. The molecule has 178 valence electrons. The van der Waals surface area contributed by atoms with Crippen LogP contribution >= 0.6 is 54.8 Å². The van der Waals surface area contributed by atoms with Crippen LogP contribution in [-0.4, -0.2) is 0 Å². The third kappa shape index (κ3) is 4.06. The standard InChI is InChI=1S/C31H24BrPS3/c32-33(25-12-4-1-5-13-25,26-14-6-2-7-15-26,27-16-8-3-9-17-27)23-24-22-30(28-18-10-20-34-28)36-31(24)29-19-11-21-35-29/h1-22H,23H2. The Balaban J connectivity index is 1.66. The second kappa shape index (κ2) is 9.85. The zero-order chi connectivity index (χ0) is 24.5. The van der Waals surface area contributed by atoms with Crippen LogP contribution in [0.2, 0.25) is 0 Å². The van der Waals surface area contributed by atoms with Gasteiger partial charge < -0.3 is 0 Å². The topological polar surface area (TPSA) is 0 Å². The molecule has 0 fully saturated rings. The molecule has 6 aromatic rings. The summed E-state index contributed by atoms with van der Waals surface area (Å²) in [4.78, 5) is 5.39. The van der Waals surface area contributed by atoms with E-state index >= 15 is 0 Å². The van der Waals surface area contributed by atoms with Crippen LogP contribution in [0.1, 0.15) is 5.56 Å². The van der Waals surface area contributed by atoms with Gasteiger partial charge in [0.2, 0.25) is 0 Å². The van der Waals surface area contributed by atoms with Gasteiger partial charge in [0.15, 0.2) is 0 Å². The summed E-state index contributed by atoms with van der Waals surface area (Å²) >= 11 is 10.2. The van der Waals surface area contributed by atoms with Crippen LogP contribution in [0, 0.1) is 0 Å². The summed E-state index contributed by atoms with van der Waals surface area (Å²) in [6, 6.07) is 44.5. The molecule has 36 heavy (non-hydrogen) atoms. The fourth-order valence-corrected chi connectivity index (χ4v) is 15.6. The predicted octanol–water partition coefficient (Wildman–Crippen LogP) is 9.54. The van der Waals surface area contributed by atoms with Gasteiger partial charge in [-0.05, 0) is 0 Å². The van der Waals surface area contributed by atoms with E-state index in [-0.39, 0.29) is 0 Å². The number of hydrogen-bond acceptors (Lipinski definition) is 3. The Bertz CT molecular complexity index is 1460. The molecule has 0 bridgehead atoms. The predicted molar refractivity (Wildman–Crippen MR) is 169 cm³/mol. The first-order chi connectivity index (χ1) is 17.7. The van der Waals surface area contributed by atoms with E-state index in [1.807, 2.05) is 34.0 Å². The molecule has 0 amide bonds. The number of hydrogen-bond donors (Lipinski definition) is 0. The molecule has 0 aliphatic rings. The van der Waals surface area contributed by atoms with Gasteiger partial charge in [-0.25, -0.2) is 0 Å². The first-order valence-electron chi connectivity index (χ1n) is 11.8. The van der Waals surface area contributed by atoms with E-state index in [1.54, 1.807) is 0 Å². The molecule has 0 nitrogen and oxygen atoms in total.